The van der Waals surface area contributed by atoms with Crippen LogP contribution in [0.15, 0.2) is 18.2 Å². The molecule has 0 unspecified atom stereocenters. The van der Waals surface area contributed by atoms with Crippen molar-refractivity contribution in [3.05, 3.63) is 23.8 Å². The maximum atomic E-state index is 12.0. The van der Waals surface area contributed by atoms with E-state index >= 15 is 0 Å². The lowest BCUT2D eigenvalue weighted by Gasteiger charge is -2.20. The minimum atomic E-state index is -1.30. The highest BCUT2D eigenvalue weighted by atomic mass is 16.4. The van der Waals surface area contributed by atoms with Crippen molar-refractivity contribution in [1.29, 1.82) is 0 Å². The Morgan fingerprint density at radius 2 is 1.95 bits per heavy atom. The number of carbonyl (C=O) groups is 3. The number of likely N-dealkylation sites (N-methyl/N-ethyl adjacent to an activating group) is 2. The zero-order valence-electron chi connectivity index (χ0n) is 11.7. The molecule has 0 aliphatic rings. The Bertz CT molecular complexity index is 559. The molecule has 0 bridgehead atoms. The Morgan fingerprint density at radius 1 is 1.29 bits per heavy atom. The van der Waals surface area contributed by atoms with Crippen LogP contribution in [0.1, 0.15) is 17.3 Å². The molecule has 0 spiro atoms. The van der Waals surface area contributed by atoms with E-state index in [1.807, 2.05) is 0 Å². The highest BCUT2D eigenvalue weighted by molar-refractivity contribution is 5.98. The second-order valence-corrected chi connectivity index (χ2v) is 4.12. The van der Waals surface area contributed by atoms with E-state index in [4.69, 9.17) is 5.11 Å². The van der Waals surface area contributed by atoms with E-state index < -0.39 is 17.7 Å². The van der Waals surface area contributed by atoms with Crippen molar-refractivity contribution in [1.82, 2.24) is 10.2 Å². The van der Waals surface area contributed by atoms with Crippen LogP contribution in [0.5, 0.6) is 5.75 Å². The molecule has 0 saturated heterocycles. The van der Waals surface area contributed by atoms with Gasteiger partial charge in [0.1, 0.15) is 12.1 Å². The van der Waals surface area contributed by atoms with Gasteiger partial charge in [-0.05, 0) is 19.1 Å². The summed E-state index contributed by atoms with van der Waals surface area (Å²) in [6.45, 7) is 1.83. The molecule has 1 aromatic rings. The Kier molecular flexibility index (Phi) is 5.53. The van der Waals surface area contributed by atoms with Gasteiger partial charge in [0.05, 0.1) is 5.69 Å². The molecule has 0 aliphatic carbocycles. The maximum absolute atomic E-state index is 12.0. The highest BCUT2D eigenvalue weighted by Gasteiger charge is 2.18. The molecule has 0 atom stereocenters. The molecule has 8 nitrogen and oxygen atoms in total. The molecule has 1 rings (SSSR count). The molecule has 0 aliphatic heterocycles. The van der Waals surface area contributed by atoms with Gasteiger partial charge in [-0.2, -0.15) is 0 Å². The molecule has 0 saturated carbocycles. The summed E-state index contributed by atoms with van der Waals surface area (Å²) in [6.07, 6.45) is 0. The quantitative estimate of drug-likeness (QED) is 0.596. The Balaban J connectivity index is 2.89. The van der Waals surface area contributed by atoms with E-state index in [1.165, 1.54) is 30.1 Å². The third-order valence-electron chi connectivity index (χ3n) is 2.79. The molecule has 8 heteroatoms. The predicted octanol–water partition coefficient (Wildman–Crippen LogP) is 0.690. The topological polar surface area (TPSA) is 119 Å². The van der Waals surface area contributed by atoms with Crippen molar-refractivity contribution in [3.63, 3.8) is 0 Å². The van der Waals surface area contributed by atoms with Crippen LogP contribution in [0.25, 0.3) is 0 Å². The molecular weight excluding hydrogens is 278 g/mol. The number of amides is 3. The number of carboxylic acid groups (broad SMARTS) is 1. The van der Waals surface area contributed by atoms with Crippen LogP contribution < -0.4 is 10.6 Å². The van der Waals surface area contributed by atoms with Crippen LogP contribution in [-0.4, -0.2) is 53.2 Å². The van der Waals surface area contributed by atoms with Gasteiger partial charge in [-0.25, -0.2) is 9.59 Å². The SMILES string of the molecule is CCN(CC(=O)NC)C(=O)Nc1cccc(C(=O)O)c1O. The number of nitrogens with zero attached hydrogens (tertiary/aromatic N) is 1. The van der Waals surface area contributed by atoms with E-state index in [2.05, 4.69) is 10.6 Å². The van der Waals surface area contributed by atoms with Gasteiger partial charge in [-0.1, -0.05) is 6.07 Å². The van der Waals surface area contributed by atoms with Gasteiger partial charge < -0.3 is 25.7 Å². The van der Waals surface area contributed by atoms with Crippen LogP contribution in [-0.2, 0) is 4.79 Å². The normalized spacial score (nSPS) is 9.81. The average molecular weight is 295 g/mol. The number of rotatable bonds is 5. The zero-order valence-corrected chi connectivity index (χ0v) is 11.7. The summed E-state index contributed by atoms with van der Waals surface area (Å²) >= 11 is 0. The zero-order chi connectivity index (χ0) is 16.0. The number of anilines is 1. The fraction of sp³-hybridized carbons (Fsp3) is 0.308. The summed E-state index contributed by atoms with van der Waals surface area (Å²) in [5, 5.41) is 23.5. The van der Waals surface area contributed by atoms with Gasteiger partial charge >= 0.3 is 12.0 Å². The first-order valence-corrected chi connectivity index (χ1v) is 6.22. The minimum absolute atomic E-state index is 0.0322. The fourth-order valence-corrected chi connectivity index (χ4v) is 1.59. The summed E-state index contributed by atoms with van der Waals surface area (Å²) in [4.78, 5) is 35.4. The number of aromatic hydroxyl groups is 1. The van der Waals surface area contributed by atoms with Crippen LogP contribution >= 0.6 is 0 Å². The number of phenols is 1. The predicted molar refractivity (Wildman–Crippen MR) is 75.4 cm³/mol. The number of hydrogen-bond acceptors (Lipinski definition) is 4. The molecule has 3 amide bonds. The maximum Gasteiger partial charge on any atom is 0.339 e. The third kappa shape index (κ3) is 4.10. The molecule has 0 aromatic heterocycles. The molecule has 0 heterocycles. The average Bonchev–Trinajstić information content (AvgIpc) is 2.46. The fourth-order valence-electron chi connectivity index (χ4n) is 1.59. The van der Waals surface area contributed by atoms with Gasteiger partial charge in [0, 0.05) is 13.6 Å². The Hall–Kier alpha value is -2.77. The first-order valence-electron chi connectivity index (χ1n) is 6.22. The Morgan fingerprint density at radius 3 is 2.48 bits per heavy atom. The number of benzene rings is 1. The van der Waals surface area contributed by atoms with Crippen molar-refractivity contribution in [2.75, 3.05) is 25.5 Å². The van der Waals surface area contributed by atoms with Crippen LogP contribution in [0.3, 0.4) is 0 Å². The first kappa shape index (κ1) is 16.3. The van der Waals surface area contributed by atoms with Gasteiger partial charge in [0.15, 0.2) is 5.75 Å². The molecule has 1 aromatic carbocycles. The van der Waals surface area contributed by atoms with Gasteiger partial charge in [-0.15, -0.1) is 0 Å². The second-order valence-electron chi connectivity index (χ2n) is 4.12. The van der Waals surface area contributed by atoms with Crippen molar-refractivity contribution in [3.8, 4) is 5.75 Å². The van der Waals surface area contributed by atoms with Gasteiger partial charge in [-0.3, -0.25) is 4.79 Å². The van der Waals surface area contributed by atoms with Gasteiger partial charge in [0.25, 0.3) is 0 Å². The lowest BCUT2D eigenvalue weighted by atomic mass is 10.1. The molecule has 0 radical (unpaired) electrons. The van der Waals surface area contributed by atoms with Gasteiger partial charge in [0.2, 0.25) is 5.91 Å². The van der Waals surface area contributed by atoms with Crippen molar-refractivity contribution < 1.29 is 24.6 Å². The van der Waals surface area contributed by atoms with E-state index in [-0.39, 0.29) is 30.2 Å². The number of nitrogens with one attached hydrogen (secondary N) is 2. The van der Waals surface area contributed by atoms with Crippen molar-refractivity contribution in [2.45, 2.75) is 6.92 Å². The summed E-state index contributed by atoms with van der Waals surface area (Å²) in [6, 6.07) is 3.37. The van der Waals surface area contributed by atoms with E-state index in [0.717, 1.165) is 0 Å². The number of aromatic carboxylic acids is 1. The smallest absolute Gasteiger partial charge is 0.339 e. The number of carboxylic acids is 1. The van der Waals surface area contributed by atoms with Crippen LogP contribution in [0.2, 0.25) is 0 Å². The number of para-hydroxylation sites is 1. The number of carbonyl (C=O) groups excluding carboxylic acids is 2. The largest absolute Gasteiger partial charge is 0.505 e. The first-order chi connectivity index (χ1) is 9.90. The standard InChI is InChI=1S/C13H17N3O5/c1-3-16(7-10(17)14-2)13(21)15-9-6-4-5-8(11(9)18)12(19)20/h4-6,18H,3,7H2,1-2H3,(H,14,17)(H,15,21)(H,19,20). The monoisotopic (exact) mass is 295 g/mol. The highest BCUT2D eigenvalue weighted by Crippen LogP contribution is 2.27. The minimum Gasteiger partial charge on any atom is -0.505 e. The Labute approximate surface area is 121 Å². The van der Waals surface area contributed by atoms with E-state index in [1.54, 1.807) is 6.92 Å². The van der Waals surface area contributed by atoms with E-state index in [9.17, 15) is 19.5 Å². The summed E-state index contributed by atoms with van der Waals surface area (Å²) in [5.74, 6) is -2.17. The summed E-state index contributed by atoms with van der Waals surface area (Å²) < 4.78 is 0. The number of urea groups is 1. The van der Waals surface area contributed by atoms with Crippen molar-refractivity contribution in [2.24, 2.45) is 0 Å². The van der Waals surface area contributed by atoms with Crippen LogP contribution in [0.4, 0.5) is 10.5 Å². The summed E-state index contributed by atoms with van der Waals surface area (Å²) in [5.41, 5.74) is -0.350. The lowest BCUT2D eigenvalue weighted by molar-refractivity contribution is -0.121. The summed E-state index contributed by atoms with van der Waals surface area (Å²) in [7, 11) is 1.45. The van der Waals surface area contributed by atoms with Crippen molar-refractivity contribution >= 4 is 23.6 Å². The van der Waals surface area contributed by atoms with E-state index in [0.29, 0.717) is 0 Å². The molecule has 114 valence electrons. The number of hydrogen-bond donors (Lipinski definition) is 4. The molecule has 21 heavy (non-hydrogen) atoms. The molecule has 0 fully saturated rings. The molecule has 4 N–H and O–H groups in total. The second kappa shape index (κ2) is 7.13. The molecular formula is C13H17N3O5. The van der Waals surface area contributed by atoms with Crippen LogP contribution in [0, 0.1) is 0 Å². The lowest BCUT2D eigenvalue weighted by Crippen LogP contribution is -2.41. The third-order valence-corrected chi connectivity index (χ3v) is 2.79.